The highest BCUT2D eigenvalue weighted by Crippen LogP contribution is 2.62. The molecule has 2 N–H and O–H groups in total. The maximum Gasteiger partial charge on any atom is 0.283 e. The van der Waals surface area contributed by atoms with E-state index in [1.54, 1.807) is 19.5 Å². The molecule has 1 fully saturated rings. The molecule has 2 heterocycles. The first-order valence-electron chi connectivity index (χ1n) is 11.0. The molecule has 1 unspecified atom stereocenters. The monoisotopic (exact) mass is 413 g/mol. The van der Waals surface area contributed by atoms with Gasteiger partial charge in [-0.15, -0.1) is 0 Å². The van der Waals surface area contributed by atoms with Gasteiger partial charge in [0, 0.05) is 30.5 Å². The van der Waals surface area contributed by atoms with Crippen LogP contribution >= 0.6 is 11.6 Å². The third-order valence-corrected chi connectivity index (χ3v) is 7.18. The van der Waals surface area contributed by atoms with Gasteiger partial charge in [-0.05, 0) is 60.4 Å². The second-order valence-electron chi connectivity index (χ2n) is 8.58. The first-order valence-corrected chi connectivity index (χ1v) is 10.4. The van der Waals surface area contributed by atoms with E-state index in [0.29, 0.717) is 5.02 Å². The first kappa shape index (κ1) is 16.7. The zero-order valence-corrected chi connectivity index (χ0v) is 17.4. The number of amidine groups is 1. The number of aromatic nitrogens is 1. The highest BCUT2D eigenvalue weighted by Gasteiger charge is 2.62. The smallest absolute Gasteiger partial charge is 0.283 e. The number of hydrogen-bond acceptors (Lipinski definition) is 5. The van der Waals surface area contributed by atoms with Gasteiger partial charge in [0.2, 0.25) is 0 Å². The average Bonchev–Trinajstić information content (AvgIpc) is 3.12. The quantitative estimate of drug-likeness (QED) is 0.795. The van der Waals surface area contributed by atoms with Crippen LogP contribution in [0.1, 0.15) is 40.1 Å². The third-order valence-electron chi connectivity index (χ3n) is 6.97. The van der Waals surface area contributed by atoms with Crippen LogP contribution in [-0.4, -0.2) is 30.8 Å². The number of nitrogens with zero attached hydrogens (tertiary/aromatic N) is 2. The molecule has 1 aromatic heterocycles. The van der Waals surface area contributed by atoms with Gasteiger partial charge in [-0.2, -0.15) is 0 Å². The van der Waals surface area contributed by atoms with Gasteiger partial charge in [0.05, 0.1) is 13.9 Å². The number of aliphatic imine (C=N–C) groups is 1. The predicted molar refractivity (Wildman–Crippen MR) is 114 cm³/mol. The summed E-state index contributed by atoms with van der Waals surface area (Å²) in [5.74, 6) is 0.273. The van der Waals surface area contributed by atoms with Crippen molar-refractivity contribution in [1.82, 2.24) is 4.98 Å². The third kappa shape index (κ3) is 2.78. The molecule has 5 rings (SSSR count). The van der Waals surface area contributed by atoms with Crippen LogP contribution in [0.15, 0.2) is 41.7 Å². The predicted octanol–water partition coefficient (Wildman–Crippen LogP) is 4.32. The number of rotatable bonds is 2. The van der Waals surface area contributed by atoms with Crippen molar-refractivity contribution < 1.29 is 12.2 Å². The molecular weight excluding hydrogens is 386 g/mol. The summed E-state index contributed by atoms with van der Waals surface area (Å²) in [6.07, 6.45) is 6.68. The fraction of sp³-hybridized carbons (Fsp3) is 0.478. The van der Waals surface area contributed by atoms with Crippen LogP contribution in [0, 0.1) is 11.3 Å². The molecule has 29 heavy (non-hydrogen) atoms. The van der Waals surface area contributed by atoms with E-state index < -0.39 is 17.5 Å². The molecule has 2 aliphatic carbocycles. The van der Waals surface area contributed by atoms with Crippen molar-refractivity contribution in [3.63, 3.8) is 0 Å². The van der Waals surface area contributed by atoms with Gasteiger partial charge < -0.3 is 15.2 Å². The van der Waals surface area contributed by atoms with Crippen molar-refractivity contribution >= 4 is 17.6 Å². The van der Waals surface area contributed by atoms with Crippen LogP contribution in [0.25, 0.3) is 11.1 Å². The fourth-order valence-corrected chi connectivity index (χ4v) is 5.84. The van der Waals surface area contributed by atoms with E-state index >= 15 is 0 Å². The van der Waals surface area contributed by atoms with Crippen LogP contribution in [0.3, 0.4) is 0 Å². The van der Waals surface area contributed by atoms with Gasteiger partial charge in [0.25, 0.3) is 6.02 Å². The second-order valence-corrected chi connectivity index (χ2v) is 9.02. The summed E-state index contributed by atoms with van der Waals surface area (Å²) in [6.45, 7) is 0.125. The lowest BCUT2D eigenvalue weighted by molar-refractivity contribution is -0.0445. The van der Waals surface area contributed by atoms with Crippen molar-refractivity contribution in [3.05, 3.63) is 52.8 Å². The van der Waals surface area contributed by atoms with Crippen molar-refractivity contribution in [2.45, 2.75) is 44.2 Å². The zero-order valence-electron chi connectivity index (χ0n) is 18.6. The molecule has 1 saturated carbocycles. The number of hydrogen-bond donors (Lipinski definition) is 1. The van der Waals surface area contributed by atoms with E-state index in [4.69, 9.17) is 34.5 Å². The van der Waals surface area contributed by atoms with E-state index in [2.05, 4.69) is 18.0 Å². The van der Waals surface area contributed by atoms with Gasteiger partial charge in [0.15, 0.2) is 0 Å². The largest absolute Gasteiger partial charge is 0.462 e. The summed E-state index contributed by atoms with van der Waals surface area (Å²) in [5.41, 5.74) is 8.10. The Morgan fingerprint density at radius 3 is 2.86 bits per heavy atom. The van der Waals surface area contributed by atoms with Gasteiger partial charge >= 0.3 is 0 Å². The molecule has 2 spiro atoms. The van der Waals surface area contributed by atoms with E-state index in [9.17, 15) is 0 Å². The van der Waals surface area contributed by atoms with Crippen molar-refractivity contribution in [3.8, 4) is 11.1 Å². The van der Waals surface area contributed by atoms with Crippen molar-refractivity contribution in [1.29, 1.82) is 0 Å². The Labute approximate surface area is 179 Å². The van der Waals surface area contributed by atoms with Crippen LogP contribution < -0.4 is 5.73 Å². The Bertz CT molecular complexity index is 1080. The Morgan fingerprint density at radius 1 is 1.31 bits per heavy atom. The number of ether oxygens (including phenoxy) is 2. The molecule has 5 nitrogen and oxygen atoms in total. The van der Waals surface area contributed by atoms with Crippen LogP contribution in [0.4, 0.5) is 0 Å². The second kappa shape index (κ2) is 6.71. The number of nitrogens with two attached hydrogens (primary N) is 1. The van der Waals surface area contributed by atoms with Crippen LogP contribution in [-0.2, 0) is 21.4 Å². The van der Waals surface area contributed by atoms with E-state index in [1.807, 2.05) is 18.2 Å². The molecule has 1 aliphatic heterocycles. The summed E-state index contributed by atoms with van der Waals surface area (Å²) in [6, 6.07) is 7.91. The standard InChI is InChI=1S/C23H26ClN3O2/c1-14-9-22(6-5-20(14)28-2)10-16-4-3-15(17-7-18(24)12-26-11-17)8-19(16)23(22)13-29-21(25)27-23/h3-4,7-8,11-12,14,20H,5-6,9-10,13H2,1-2H3,(H2,25,27)/t14-,20-,22-,23?/m1/s1/i13D2. The molecular formula is C23H26ClN3O2. The summed E-state index contributed by atoms with van der Waals surface area (Å²) in [5, 5.41) is 0.553. The normalized spacial score (nSPS) is 35.8. The minimum atomic E-state index is -2.05. The Hall–Kier alpha value is -2.11. The first-order chi connectivity index (χ1) is 14.7. The Morgan fingerprint density at radius 2 is 2.17 bits per heavy atom. The Kier molecular flexibility index (Phi) is 3.86. The molecule has 0 radical (unpaired) electrons. The fourth-order valence-electron chi connectivity index (χ4n) is 5.67. The number of halogens is 1. The number of methoxy groups -OCH3 is 1. The molecule has 2 aromatic rings. The maximum absolute atomic E-state index is 8.91. The van der Waals surface area contributed by atoms with Gasteiger partial charge in [-0.25, -0.2) is 4.99 Å². The molecule has 0 saturated heterocycles. The summed E-state index contributed by atoms with van der Waals surface area (Å²) in [7, 11) is 1.75. The average molecular weight is 414 g/mol. The summed E-state index contributed by atoms with van der Waals surface area (Å²) >= 11 is 6.16. The topological polar surface area (TPSA) is 69.7 Å². The number of pyridine rings is 1. The molecule has 152 valence electrons. The van der Waals surface area contributed by atoms with Gasteiger partial charge in [0.1, 0.15) is 12.1 Å². The lowest BCUT2D eigenvalue weighted by Gasteiger charge is -2.47. The number of benzene rings is 1. The van der Waals surface area contributed by atoms with E-state index in [0.717, 1.165) is 47.9 Å². The minimum absolute atomic E-state index is 0.0893. The lowest BCUT2D eigenvalue weighted by Crippen LogP contribution is -2.48. The van der Waals surface area contributed by atoms with Crippen molar-refractivity contribution in [2.24, 2.45) is 22.1 Å². The molecule has 4 atom stereocenters. The lowest BCUT2D eigenvalue weighted by atomic mass is 9.59. The minimum Gasteiger partial charge on any atom is -0.462 e. The van der Waals surface area contributed by atoms with E-state index in [-0.39, 0.29) is 18.0 Å². The SMILES string of the molecule is [2H]C1([2H])OC(N)=NC12c1cc(-c3cncc(Cl)c3)ccc1C[C@]21CC[C@@H](OC)[C@H](C)C1. The molecule has 6 heteroatoms. The summed E-state index contributed by atoms with van der Waals surface area (Å²) in [4.78, 5) is 8.95. The highest BCUT2D eigenvalue weighted by molar-refractivity contribution is 6.30. The Balaban J connectivity index is 1.70. The van der Waals surface area contributed by atoms with Crippen molar-refractivity contribution in [2.75, 3.05) is 13.7 Å². The molecule has 0 amide bonds. The zero-order chi connectivity index (χ0) is 22.0. The maximum atomic E-state index is 8.91. The molecule has 3 aliphatic rings. The van der Waals surface area contributed by atoms with E-state index in [1.165, 1.54) is 0 Å². The molecule has 0 bridgehead atoms. The highest BCUT2D eigenvalue weighted by atomic mass is 35.5. The summed E-state index contributed by atoms with van der Waals surface area (Å²) < 4.78 is 29.0. The van der Waals surface area contributed by atoms with Crippen LogP contribution in [0.2, 0.25) is 5.02 Å². The number of fused-ring (bicyclic) bond motifs is 3. The molecule has 1 aromatic carbocycles. The van der Waals surface area contributed by atoms with Gasteiger partial charge in [-0.3, -0.25) is 4.98 Å². The van der Waals surface area contributed by atoms with Gasteiger partial charge in [-0.1, -0.05) is 30.7 Å². The van der Waals surface area contributed by atoms with Crippen LogP contribution in [0.5, 0.6) is 0 Å².